The van der Waals surface area contributed by atoms with E-state index >= 15 is 0 Å². The van der Waals surface area contributed by atoms with E-state index in [0.29, 0.717) is 28.9 Å². The molecule has 2 heterocycles. The Balaban J connectivity index is 2.32. The van der Waals surface area contributed by atoms with Crippen LogP contribution in [0.2, 0.25) is 0 Å². The Morgan fingerprint density at radius 2 is 2.06 bits per heavy atom. The monoisotopic (exact) mass is 249 g/mol. The average Bonchev–Trinajstić information content (AvgIpc) is 2.69. The molecule has 2 atom stereocenters. The van der Waals surface area contributed by atoms with Gasteiger partial charge in [-0.3, -0.25) is 0 Å². The second-order valence-electron chi connectivity index (χ2n) is 4.95. The second-order valence-corrected chi connectivity index (χ2v) is 4.95. The number of carbonyl (C=O) groups excluding carboxylic acids is 1. The molecule has 0 radical (unpaired) electrons. The van der Waals surface area contributed by atoms with Gasteiger partial charge in [0.15, 0.2) is 5.82 Å². The molecule has 1 saturated heterocycles. The first-order valence-corrected chi connectivity index (χ1v) is 6.12. The largest absolute Gasteiger partial charge is 0.465 e. The Morgan fingerprint density at radius 1 is 1.44 bits per heavy atom. The van der Waals surface area contributed by atoms with Crippen LogP contribution in [0.3, 0.4) is 0 Å². The van der Waals surface area contributed by atoms with Crippen molar-refractivity contribution in [3.8, 4) is 0 Å². The van der Waals surface area contributed by atoms with E-state index in [1.54, 1.807) is 12.3 Å². The molecule has 1 aliphatic heterocycles. The van der Waals surface area contributed by atoms with Gasteiger partial charge in [-0.25, -0.2) is 9.78 Å². The topological polar surface area (TPSA) is 68.5 Å². The highest BCUT2D eigenvalue weighted by molar-refractivity contribution is 5.97. The van der Waals surface area contributed by atoms with Crippen LogP contribution in [0.15, 0.2) is 12.3 Å². The number of esters is 1. The molecule has 1 aliphatic rings. The number of hydrogen-bond acceptors (Lipinski definition) is 5. The molecule has 5 heteroatoms. The normalized spacial score (nSPS) is 23.2. The van der Waals surface area contributed by atoms with Gasteiger partial charge in [-0.1, -0.05) is 13.8 Å². The predicted octanol–water partition coefficient (Wildman–Crippen LogP) is 1.54. The molecule has 2 N–H and O–H groups in total. The van der Waals surface area contributed by atoms with E-state index in [9.17, 15) is 4.79 Å². The Labute approximate surface area is 107 Å². The van der Waals surface area contributed by atoms with Crippen molar-refractivity contribution in [1.82, 2.24) is 4.98 Å². The Kier molecular flexibility index (Phi) is 3.41. The SMILES string of the molecule is COC(=O)c1ccnc(N2CC(C)C(C)C2)c1N. The first kappa shape index (κ1) is 12.7. The van der Waals surface area contributed by atoms with Crippen LogP contribution in [-0.2, 0) is 4.74 Å². The minimum atomic E-state index is -0.420. The number of nitrogens with zero attached hydrogens (tertiary/aromatic N) is 2. The van der Waals surface area contributed by atoms with Crippen LogP contribution >= 0.6 is 0 Å². The van der Waals surface area contributed by atoms with Crippen molar-refractivity contribution in [2.75, 3.05) is 30.8 Å². The molecule has 0 saturated carbocycles. The van der Waals surface area contributed by atoms with Crippen LogP contribution in [0.1, 0.15) is 24.2 Å². The highest BCUT2D eigenvalue weighted by Crippen LogP contribution is 2.31. The summed E-state index contributed by atoms with van der Waals surface area (Å²) >= 11 is 0. The van der Waals surface area contributed by atoms with Crippen LogP contribution in [0.4, 0.5) is 11.5 Å². The van der Waals surface area contributed by atoms with Crippen LogP contribution < -0.4 is 10.6 Å². The molecule has 18 heavy (non-hydrogen) atoms. The Bertz CT molecular complexity index is 452. The molecule has 1 fully saturated rings. The van der Waals surface area contributed by atoms with Crippen molar-refractivity contribution < 1.29 is 9.53 Å². The average molecular weight is 249 g/mol. The first-order valence-electron chi connectivity index (χ1n) is 6.12. The quantitative estimate of drug-likeness (QED) is 0.805. The van der Waals surface area contributed by atoms with E-state index in [0.717, 1.165) is 13.1 Å². The molecule has 0 bridgehead atoms. The summed E-state index contributed by atoms with van der Waals surface area (Å²) in [5.74, 6) is 1.48. The summed E-state index contributed by atoms with van der Waals surface area (Å²) in [4.78, 5) is 18.0. The number of anilines is 2. The smallest absolute Gasteiger partial charge is 0.340 e. The van der Waals surface area contributed by atoms with Crippen molar-refractivity contribution in [1.29, 1.82) is 0 Å². The van der Waals surface area contributed by atoms with Gasteiger partial charge in [0.2, 0.25) is 0 Å². The van der Waals surface area contributed by atoms with Gasteiger partial charge in [-0.05, 0) is 17.9 Å². The molecule has 0 aromatic carbocycles. The number of nitrogens with two attached hydrogens (primary N) is 1. The lowest BCUT2D eigenvalue weighted by atomic mass is 10.0. The number of ether oxygens (including phenoxy) is 1. The lowest BCUT2D eigenvalue weighted by molar-refractivity contribution is 0.0602. The van der Waals surface area contributed by atoms with Crippen molar-refractivity contribution >= 4 is 17.5 Å². The zero-order chi connectivity index (χ0) is 13.3. The van der Waals surface area contributed by atoms with Crippen molar-refractivity contribution in [2.45, 2.75) is 13.8 Å². The van der Waals surface area contributed by atoms with E-state index in [1.807, 2.05) is 0 Å². The number of aromatic nitrogens is 1. The third kappa shape index (κ3) is 2.12. The van der Waals surface area contributed by atoms with Crippen LogP contribution in [0.5, 0.6) is 0 Å². The van der Waals surface area contributed by atoms with Crippen LogP contribution in [0.25, 0.3) is 0 Å². The fourth-order valence-electron chi connectivity index (χ4n) is 2.30. The van der Waals surface area contributed by atoms with E-state index in [1.165, 1.54) is 7.11 Å². The molecular weight excluding hydrogens is 230 g/mol. The van der Waals surface area contributed by atoms with E-state index < -0.39 is 5.97 Å². The Hall–Kier alpha value is -1.78. The predicted molar refractivity (Wildman–Crippen MR) is 70.5 cm³/mol. The maximum absolute atomic E-state index is 11.6. The van der Waals surface area contributed by atoms with Gasteiger partial charge < -0.3 is 15.4 Å². The van der Waals surface area contributed by atoms with Gasteiger partial charge in [0.1, 0.15) is 0 Å². The number of hydrogen-bond donors (Lipinski definition) is 1. The number of nitrogen functional groups attached to an aromatic ring is 1. The molecule has 0 amide bonds. The molecule has 2 rings (SSSR count). The molecule has 1 aromatic rings. The van der Waals surface area contributed by atoms with Crippen LogP contribution in [0, 0.1) is 11.8 Å². The minimum absolute atomic E-state index is 0.384. The molecule has 5 nitrogen and oxygen atoms in total. The van der Waals surface area contributed by atoms with Crippen LogP contribution in [-0.4, -0.2) is 31.2 Å². The summed E-state index contributed by atoms with van der Waals surface area (Å²) in [7, 11) is 1.35. The maximum atomic E-state index is 11.6. The molecule has 2 unspecified atom stereocenters. The third-order valence-corrected chi connectivity index (χ3v) is 3.66. The standard InChI is InChI=1S/C13H19N3O2/c1-8-6-16(7-9(8)2)12-11(14)10(4-5-15-12)13(17)18-3/h4-5,8-9H,6-7,14H2,1-3H3. The highest BCUT2D eigenvalue weighted by atomic mass is 16.5. The number of pyridine rings is 1. The summed E-state index contributed by atoms with van der Waals surface area (Å²) in [6.07, 6.45) is 1.60. The summed E-state index contributed by atoms with van der Waals surface area (Å²) in [5, 5.41) is 0. The lowest BCUT2D eigenvalue weighted by Gasteiger charge is -2.20. The third-order valence-electron chi connectivity index (χ3n) is 3.66. The number of carbonyl (C=O) groups is 1. The molecule has 1 aromatic heterocycles. The minimum Gasteiger partial charge on any atom is -0.465 e. The highest BCUT2D eigenvalue weighted by Gasteiger charge is 2.29. The molecule has 98 valence electrons. The number of rotatable bonds is 2. The lowest BCUT2D eigenvalue weighted by Crippen LogP contribution is -2.23. The summed E-state index contributed by atoms with van der Waals surface area (Å²) in [6, 6.07) is 1.59. The van der Waals surface area contributed by atoms with E-state index in [-0.39, 0.29) is 0 Å². The second kappa shape index (κ2) is 4.84. The zero-order valence-electron chi connectivity index (χ0n) is 11.0. The van der Waals surface area contributed by atoms with Gasteiger partial charge in [-0.2, -0.15) is 0 Å². The van der Waals surface area contributed by atoms with E-state index in [4.69, 9.17) is 10.5 Å². The van der Waals surface area contributed by atoms with Crippen molar-refractivity contribution in [3.63, 3.8) is 0 Å². The molecule has 0 spiro atoms. The van der Waals surface area contributed by atoms with Gasteiger partial charge in [0.05, 0.1) is 18.4 Å². The number of methoxy groups -OCH3 is 1. The fourth-order valence-corrected chi connectivity index (χ4v) is 2.30. The molecular formula is C13H19N3O2. The Morgan fingerprint density at radius 3 is 2.61 bits per heavy atom. The maximum Gasteiger partial charge on any atom is 0.340 e. The van der Waals surface area contributed by atoms with Gasteiger partial charge in [-0.15, -0.1) is 0 Å². The summed E-state index contributed by atoms with van der Waals surface area (Å²) in [5.41, 5.74) is 6.82. The van der Waals surface area contributed by atoms with E-state index in [2.05, 4.69) is 23.7 Å². The van der Waals surface area contributed by atoms with Crippen molar-refractivity contribution in [2.24, 2.45) is 11.8 Å². The zero-order valence-corrected chi connectivity index (χ0v) is 11.0. The van der Waals surface area contributed by atoms with Gasteiger partial charge >= 0.3 is 5.97 Å². The fraction of sp³-hybridized carbons (Fsp3) is 0.538. The summed E-state index contributed by atoms with van der Waals surface area (Å²) in [6.45, 7) is 6.27. The first-order chi connectivity index (χ1) is 8.54. The van der Waals surface area contributed by atoms with Gasteiger partial charge in [0.25, 0.3) is 0 Å². The molecule has 0 aliphatic carbocycles. The van der Waals surface area contributed by atoms with Gasteiger partial charge in [0, 0.05) is 19.3 Å². The van der Waals surface area contributed by atoms with Crippen molar-refractivity contribution in [3.05, 3.63) is 17.8 Å². The summed E-state index contributed by atoms with van der Waals surface area (Å²) < 4.78 is 4.71.